The number of nitrogens with one attached hydrogen (secondary N) is 3. The van der Waals surface area contributed by atoms with Crippen LogP contribution in [0, 0.1) is 5.82 Å². The van der Waals surface area contributed by atoms with E-state index < -0.39 is 17.6 Å². The van der Waals surface area contributed by atoms with Gasteiger partial charge in [-0.2, -0.15) is 0 Å². The van der Waals surface area contributed by atoms with E-state index in [1.54, 1.807) is 4.90 Å². The highest BCUT2D eigenvalue weighted by Gasteiger charge is 2.26. The fraction of sp³-hybridized carbons (Fsp3) is 0.240. The lowest BCUT2D eigenvalue weighted by atomic mass is 10.1. The zero-order valence-corrected chi connectivity index (χ0v) is 18.9. The van der Waals surface area contributed by atoms with E-state index in [4.69, 9.17) is 0 Å². The predicted octanol–water partition coefficient (Wildman–Crippen LogP) is 2.97. The van der Waals surface area contributed by atoms with Crippen molar-refractivity contribution in [1.82, 2.24) is 25.5 Å². The average molecular weight is 477 g/mol. The van der Waals surface area contributed by atoms with Crippen molar-refractivity contribution >= 4 is 23.7 Å². The van der Waals surface area contributed by atoms with Crippen LogP contribution in [0.4, 0.5) is 15.0 Å². The minimum atomic E-state index is -0.603. The number of anilines is 1. The van der Waals surface area contributed by atoms with E-state index in [2.05, 4.69) is 25.9 Å². The molecular formula is C25H25FN6O3. The highest BCUT2D eigenvalue weighted by molar-refractivity contribution is 6.07. The maximum atomic E-state index is 13.4. The number of rotatable bonds is 6. The van der Waals surface area contributed by atoms with Gasteiger partial charge in [-0.3, -0.25) is 9.59 Å². The highest BCUT2D eigenvalue weighted by Crippen LogP contribution is 2.15. The Balaban J connectivity index is 1.30. The Morgan fingerprint density at radius 2 is 1.69 bits per heavy atom. The van der Waals surface area contributed by atoms with Gasteiger partial charge in [0.05, 0.1) is 0 Å². The molecule has 0 bridgehead atoms. The number of likely N-dealkylation sites (tertiary alicyclic amines) is 1. The van der Waals surface area contributed by atoms with Crippen LogP contribution in [0.15, 0.2) is 67.0 Å². The molecule has 1 saturated heterocycles. The highest BCUT2D eigenvalue weighted by atomic mass is 19.1. The Hall–Kier alpha value is -4.34. The van der Waals surface area contributed by atoms with E-state index in [9.17, 15) is 18.8 Å². The minimum absolute atomic E-state index is 0.0167. The number of amides is 4. The second-order valence-corrected chi connectivity index (χ2v) is 8.10. The molecule has 180 valence electrons. The van der Waals surface area contributed by atoms with Gasteiger partial charge in [-0.25, -0.2) is 19.2 Å². The van der Waals surface area contributed by atoms with Gasteiger partial charge in [-0.15, -0.1) is 0 Å². The van der Waals surface area contributed by atoms with Crippen LogP contribution in [-0.4, -0.2) is 51.8 Å². The summed E-state index contributed by atoms with van der Waals surface area (Å²) in [6.45, 7) is 1.44. The summed E-state index contributed by atoms with van der Waals surface area (Å²) in [5, 5.41) is 8.33. The molecule has 2 aromatic carbocycles. The van der Waals surface area contributed by atoms with E-state index >= 15 is 0 Å². The molecule has 2 heterocycles. The molecule has 0 radical (unpaired) electrons. The third-order valence-electron chi connectivity index (χ3n) is 5.64. The van der Waals surface area contributed by atoms with Gasteiger partial charge < -0.3 is 20.9 Å². The number of hydrogen-bond donors (Lipinski definition) is 3. The molecule has 0 atom stereocenters. The summed E-state index contributed by atoms with van der Waals surface area (Å²) in [4.78, 5) is 47.6. The van der Waals surface area contributed by atoms with E-state index in [1.807, 2.05) is 30.3 Å². The number of nitrogens with zero attached hydrogens (tertiary/aromatic N) is 3. The molecule has 3 N–H and O–H groups in total. The van der Waals surface area contributed by atoms with Gasteiger partial charge in [0.15, 0.2) is 11.5 Å². The van der Waals surface area contributed by atoms with Gasteiger partial charge in [-0.05, 0) is 36.6 Å². The van der Waals surface area contributed by atoms with Crippen LogP contribution in [-0.2, 0) is 6.54 Å². The molecule has 0 aliphatic carbocycles. The number of halogens is 1. The standard InChI is InChI=1S/C25H25FN6O3/c26-19-8-4-7-18(15-19)23(33)31-22-21(27-11-12-28-22)24(34)30-20-9-13-32(14-10-20)25(35)29-16-17-5-2-1-3-6-17/h1-8,11-12,15,20H,9-10,13-14,16H2,(H,29,35)(H,30,34)(H,28,31,33). The van der Waals surface area contributed by atoms with E-state index in [-0.39, 0.29) is 29.1 Å². The molecule has 1 aromatic heterocycles. The minimum Gasteiger partial charge on any atom is -0.348 e. The number of carbonyl (C=O) groups is 3. The first kappa shape index (κ1) is 23.8. The summed E-state index contributed by atoms with van der Waals surface area (Å²) in [7, 11) is 0. The van der Waals surface area contributed by atoms with Gasteiger partial charge in [-0.1, -0.05) is 36.4 Å². The molecule has 1 aliphatic heterocycles. The molecule has 0 unspecified atom stereocenters. The largest absolute Gasteiger partial charge is 0.348 e. The maximum absolute atomic E-state index is 13.4. The lowest BCUT2D eigenvalue weighted by molar-refractivity contribution is 0.0913. The summed E-state index contributed by atoms with van der Waals surface area (Å²) in [6.07, 6.45) is 3.86. The molecule has 1 fully saturated rings. The molecule has 35 heavy (non-hydrogen) atoms. The lowest BCUT2D eigenvalue weighted by Gasteiger charge is -2.32. The summed E-state index contributed by atoms with van der Waals surface area (Å²) >= 11 is 0. The van der Waals surface area contributed by atoms with Crippen molar-refractivity contribution in [2.24, 2.45) is 0 Å². The number of carbonyl (C=O) groups excluding carboxylic acids is 3. The number of benzene rings is 2. The van der Waals surface area contributed by atoms with Crippen molar-refractivity contribution in [1.29, 1.82) is 0 Å². The molecule has 3 aromatic rings. The fourth-order valence-electron chi connectivity index (χ4n) is 3.77. The second kappa shape index (κ2) is 11.2. The van der Waals surface area contributed by atoms with Crippen molar-refractivity contribution in [3.8, 4) is 0 Å². The fourth-order valence-corrected chi connectivity index (χ4v) is 3.77. The van der Waals surface area contributed by atoms with Crippen molar-refractivity contribution in [3.05, 3.63) is 89.6 Å². The summed E-state index contributed by atoms with van der Waals surface area (Å²) < 4.78 is 13.4. The van der Waals surface area contributed by atoms with Gasteiger partial charge in [0.25, 0.3) is 11.8 Å². The van der Waals surface area contributed by atoms with Crippen LogP contribution >= 0.6 is 0 Å². The summed E-state index contributed by atoms with van der Waals surface area (Å²) in [5.74, 6) is -1.65. The van der Waals surface area contributed by atoms with Crippen molar-refractivity contribution in [3.63, 3.8) is 0 Å². The first-order valence-electron chi connectivity index (χ1n) is 11.2. The molecular weight excluding hydrogens is 451 g/mol. The van der Waals surface area contributed by atoms with Crippen molar-refractivity contribution < 1.29 is 18.8 Å². The lowest BCUT2D eigenvalue weighted by Crippen LogP contribution is -2.49. The zero-order valence-electron chi connectivity index (χ0n) is 18.9. The van der Waals surface area contributed by atoms with E-state index in [0.717, 1.165) is 11.6 Å². The molecule has 10 heteroatoms. The van der Waals surface area contributed by atoms with Crippen LogP contribution in [0.1, 0.15) is 39.3 Å². The quantitative estimate of drug-likeness (QED) is 0.506. The zero-order chi connectivity index (χ0) is 24.6. The normalized spacial score (nSPS) is 13.7. The Kier molecular flexibility index (Phi) is 7.61. The van der Waals surface area contributed by atoms with Crippen LogP contribution in [0.2, 0.25) is 0 Å². The predicted molar refractivity (Wildman–Crippen MR) is 127 cm³/mol. The first-order chi connectivity index (χ1) is 17.0. The first-order valence-corrected chi connectivity index (χ1v) is 11.2. The third kappa shape index (κ3) is 6.38. The van der Waals surface area contributed by atoms with E-state index in [0.29, 0.717) is 32.5 Å². The average Bonchev–Trinajstić information content (AvgIpc) is 2.88. The van der Waals surface area contributed by atoms with E-state index in [1.165, 1.54) is 30.6 Å². The number of piperidine rings is 1. The van der Waals surface area contributed by atoms with Crippen molar-refractivity contribution in [2.75, 3.05) is 18.4 Å². The Labute approximate surface area is 201 Å². The van der Waals surface area contributed by atoms with Gasteiger partial charge in [0, 0.05) is 43.6 Å². The number of urea groups is 1. The van der Waals surface area contributed by atoms with Crippen LogP contribution in [0.3, 0.4) is 0 Å². The Morgan fingerprint density at radius 3 is 2.43 bits per heavy atom. The van der Waals surface area contributed by atoms with Gasteiger partial charge >= 0.3 is 6.03 Å². The Bertz CT molecular complexity index is 1200. The summed E-state index contributed by atoms with van der Waals surface area (Å²) in [5.41, 5.74) is 1.08. The van der Waals surface area contributed by atoms with Gasteiger partial charge in [0.2, 0.25) is 0 Å². The topological polar surface area (TPSA) is 116 Å². The molecule has 4 rings (SSSR count). The van der Waals surface area contributed by atoms with Crippen LogP contribution < -0.4 is 16.0 Å². The molecule has 4 amide bonds. The molecule has 0 spiro atoms. The molecule has 0 saturated carbocycles. The SMILES string of the molecule is O=C(Nc1nccnc1C(=O)NC1CCN(C(=O)NCc2ccccc2)CC1)c1cccc(F)c1. The number of aromatic nitrogens is 2. The van der Waals surface area contributed by atoms with Gasteiger partial charge in [0.1, 0.15) is 5.82 Å². The smallest absolute Gasteiger partial charge is 0.317 e. The van der Waals surface area contributed by atoms with Crippen molar-refractivity contribution in [2.45, 2.75) is 25.4 Å². The second-order valence-electron chi connectivity index (χ2n) is 8.10. The Morgan fingerprint density at radius 1 is 0.943 bits per heavy atom. The monoisotopic (exact) mass is 476 g/mol. The number of hydrogen-bond acceptors (Lipinski definition) is 5. The maximum Gasteiger partial charge on any atom is 0.317 e. The molecule has 1 aliphatic rings. The van der Waals surface area contributed by atoms with Crippen LogP contribution in [0.5, 0.6) is 0 Å². The molecule has 9 nitrogen and oxygen atoms in total. The third-order valence-corrected chi connectivity index (χ3v) is 5.64. The van der Waals surface area contributed by atoms with Crippen LogP contribution in [0.25, 0.3) is 0 Å². The summed E-state index contributed by atoms with van der Waals surface area (Å²) in [6, 6.07) is 14.6.